The van der Waals surface area contributed by atoms with Crippen molar-refractivity contribution in [3.63, 3.8) is 0 Å². The molecule has 0 aromatic heterocycles. The maximum Gasteiger partial charge on any atom is 0.307 e. The van der Waals surface area contributed by atoms with Crippen molar-refractivity contribution < 1.29 is 14.3 Å². The van der Waals surface area contributed by atoms with E-state index in [4.69, 9.17) is 5.11 Å². The van der Waals surface area contributed by atoms with E-state index in [1.807, 2.05) is 6.07 Å². The number of hydrogen-bond donors (Lipinski definition) is 1. The summed E-state index contributed by atoms with van der Waals surface area (Å²) in [5.41, 5.74) is 0.805. The third kappa shape index (κ3) is 2.38. The van der Waals surface area contributed by atoms with Crippen molar-refractivity contribution in [3.8, 4) is 0 Å². The monoisotopic (exact) mass is 240 g/mol. The second-order valence-corrected chi connectivity index (χ2v) is 5.12. The summed E-state index contributed by atoms with van der Waals surface area (Å²) in [4.78, 5) is 11.1. The molecule has 1 N–H and O–H groups in total. The first-order chi connectivity index (χ1) is 7.68. The highest BCUT2D eigenvalue weighted by molar-refractivity contribution is 7.99. The molecule has 16 heavy (non-hydrogen) atoms. The lowest BCUT2D eigenvalue weighted by molar-refractivity contribution is -0.142. The number of benzene rings is 1. The van der Waals surface area contributed by atoms with Gasteiger partial charge in [0.1, 0.15) is 5.82 Å². The first kappa shape index (κ1) is 11.5. The molecule has 0 aliphatic carbocycles. The van der Waals surface area contributed by atoms with Gasteiger partial charge < -0.3 is 5.11 Å². The Morgan fingerprint density at radius 2 is 2.31 bits per heavy atom. The first-order valence-electron chi connectivity index (χ1n) is 5.24. The summed E-state index contributed by atoms with van der Waals surface area (Å²) < 4.78 is 13.1. The Bertz CT molecular complexity index is 394. The van der Waals surface area contributed by atoms with E-state index in [2.05, 4.69) is 0 Å². The SMILES string of the molecule is O=C(O)C1CCSCC1c1cccc(F)c1. The highest BCUT2D eigenvalue weighted by Crippen LogP contribution is 2.36. The second-order valence-electron chi connectivity index (χ2n) is 3.97. The molecular weight excluding hydrogens is 227 g/mol. The van der Waals surface area contributed by atoms with E-state index in [1.54, 1.807) is 17.8 Å². The number of aliphatic carboxylic acids is 1. The number of hydrogen-bond acceptors (Lipinski definition) is 2. The summed E-state index contributed by atoms with van der Waals surface area (Å²) in [6, 6.07) is 6.29. The molecule has 2 unspecified atom stereocenters. The Kier molecular flexibility index (Phi) is 3.49. The van der Waals surface area contributed by atoms with E-state index in [9.17, 15) is 9.18 Å². The third-order valence-electron chi connectivity index (χ3n) is 2.95. The summed E-state index contributed by atoms with van der Waals surface area (Å²) in [7, 11) is 0. The zero-order chi connectivity index (χ0) is 11.5. The van der Waals surface area contributed by atoms with Gasteiger partial charge in [0.25, 0.3) is 0 Å². The minimum Gasteiger partial charge on any atom is -0.481 e. The van der Waals surface area contributed by atoms with Gasteiger partial charge in [-0.1, -0.05) is 12.1 Å². The Balaban J connectivity index is 2.26. The predicted molar refractivity (Wildman–Crippen MR) is 62.2 cm³/mol. The van der Waals surface area contributed by atoms with Gasteiger partial charge in [-0.2, -0.15) is 11.8 Å². The lowest BCUT2D eigenvalue weighted by Gasteiger charge is -2.28. The fraction of sp³-hybridized carbons (Fsp3) is 0.417. The van der Waals surface area contributed by atoms with E-state index in [-0.39, 0.29) is 17.7 Å². The molecule has 1 aliphatic rings. The van der Waals surface area contributed by atoms with Crippen LogP contribution in [0.5, 0.6) is 0 Å². The highest BCUT2D eigenvalue weighted by atomic mass is 32.2. The Morgan fingerprint density at radius 3 is 3.00 bits per heavy atom. The molecule has 2 nitrogen and oxygen atoms in total. The van der Waals surface area contributed by atoms with E-state index in [0.29, 0.717) is 6.42 Å². The predicted octanol–water partition coefficient (Wildman–Crippen LogP) is 2.75. The van der Waals surface area contributed by atoms with Crippen molar-refractivity contribution >= 4 is 17.7 Å². The molecule has 1 saturated heterocycles. The molecule has 0 amide bonds. The molecule has 1 aromatic rings. The molecule has 1 aliphatic heterocycles. The summed E-state index contributed by atoms with van der Waals surface area (Å²) in [5, 5.41) is 9.14. The van der Waals surface area contributed by atoms with Crippen LogP contribution in [0.1, 0.15) is 17.9 Å². The van der Waals surface area contributed by atoms with E-state index in [0.717, 1.165) is 17.1 Å². The van der Waals surface area contributed by atoms with Crippen molar-refractivity contribution in [2.75, 3.05) is 11.5 Å². The van der Waals surface area contributed by atoms with Gasteiger partial charge in [0.05, 0.1) is 5.92 Å². The third-order valence-corrected chi connectivity index (χ3v) is 4.07. The van der Waals surface area contributed by atoms with Gasteiger partial charge in [-0.3, -0.25) is 4.79 Å². The average Bonchev–Trinajstić information content (AvgIpc) is 2.29. The minimum atomic E-state index is -0.769. The molecule has 0 bridgehead atoms. The van der Waals surface area contributed by atoms with Gasteiger partial charge in [-0.15, -0.1) is 0 Å². The van der Waals surface area contributed by atoms with Crippen molar-refractivity contribution in [2.45, 2.75) is 12.3 Å². The second kappa shape index (κ2) is 4.87. The molecule has 4 heteroatoms. The number of rotatable bonds is 2. The van der Waals surface area contributed by atoms with Gasteiger partial charge >= 0.3 is 5.97 Å². The van der Waals surface area contributed by atoms with Crippen LogP contribution >= 0.6 is 11.8 Å². The van der Waals surface area contributed by atoms with Crippen molar-refractivity contribution in [2.24, 2.45) is 5.92 Å². The van der Waals surface area contributed by atoms with Crippen LogP contribution < -0.4 is 0 Å². The summed E-state index contributed by atoms with van der Waals surface area (Å²) in [6.07, 6.45) is 0.668. The fourth-order valence-electron chi connectivity index (χ4n) is 2.10. The zero-order valence-corrected chi connectivity index (χ0v) is 9.54. The maximum absolute atomic E-state index is 13.1. The lowest BCUT2D eigenvalue weighted by atomic mass is 9.85. The molecular formula is C12H13FO2S. The van der Waals surface area contributed by atoms with Crippen LogP contribution in [0.2, 0.25) is 0 Å². The zero-order valence-electron chi connectivity index (χ0n) is 8.73. The Hall–Kier alpha value is -1.03. The van der Waals surface area contributed by atoms with E-state index in [1.165, 1.54) is 12.1 Å². The lowest BCUT2D eigenvalue weighted by Crippen LogP contribution is -2.28. The normalized spacial score (nSPS) is 25.3. The van der Waals surface area contributed by atoms with Crippen LogP contribution in [0, 0.1) is 11.7 Å². The molecule has 1 aromatic carbocycles. The molecule has 0 spiro atoms. The summed E-state index contributed by atoms with van der Waals surface area (Å²) >= 11 is 1.74. The number of carboxylic acids is 1. The maximum atomic E-state index is 13.1. The highest BCUT2D eigenvalue weighted by Gasteiger charge is 2.32. The summed E-state index contributed by atoms with van der Waals surface area (Å²) in [5.74, 6) is 0.144. The van der Waals surface area contributed by atoms with Crippen molar-refractivity contribution in [3.05, 3.63) is 35.6 Å². The van der Waals surface area contributed by atoms with Crippen LogP contribution in [0.25, 0.3) is 0 Å². The van der Waals surface area contributed by atoms with Crippen molar-refractivity contribution in [1.29, 1.82) is 0 Å². The fourth-order valence-corrected chi connectivity index (χ4v) is 3.37. The largest absolute Gasteiger partial charge is 0.481 e. The number of thioether (sulfide) groups is 1. The average molecular weight is 240 g/mol. The van der Waals surface area contributed by atoms with Gasteiger partial charge in [0.15, 0.2) is 0 Å². The van der Waals surface area contributed by atoms with Crippen LogP contribution in [0.4, 0.5) is 4.39 Å². The standard InChI is InChI=1S/C12H13FO2S/c13-9-3-1-2-8(6-9)11-7-16-5-4-10(11)12(14)15/h1-3,6,10-11H,4-5,7H2,(H,14,15). The molecule has 0 radical (unpaired) electrons. The first-order valence-corrected chi connectivity index (χ1v) is 6.40. The van der Waals surface area contributed by atoms with Crippen LogP contribution in [0.3, 0.4) is 0 Å². The number of carbonyl (C=O) groups is 1. The quantitative estimate of drug-likeness (QED) is 0.863. The number of carboxylic acid groups (broad SMARTS) is 1. The van der Waals surface area contributed by atoms with Gasteiger partial charge in [0, 0.05) is 11.7 Å². The molecule has 86 valence electrons. The minimum absolute atomic E-state index is 0.0630. The molecule has 2 atom stereocenters. The summed E-state index contributed by atoms with van der Waals surface area (Å²) in [6.45, 7) is 0. The molecule has 0 saturated carbocycles. The van der Waals surface area contributed by atoms with Crippen molar-refractivity contribution in [1.82, 2.24) is 0 Å². The smallest absolute Gasteiger partial charge is 0.307 e. The van der Waals surface area contributed by atoms with Crippen LogP contribution in [-0.4, -0.2) is 22.6 Å². The van der Waals surface area contributed by atoms with Crippen LogP contribution in [-0.2, 0) is 4.79 Å². The van der Waals surface area contributed by atoms with E-state index >= 15 is 0 Å². The van der Waals surface area contributed by atoms with E-state index < -0.39 is 5.97 Å². The van der Waals surface area contributed by atoms with Gasteiger partial charge in [0.2, 0.25) is 0 Å². The van der Waals surface area contributed by atoms with Gasteiger partial charge in [-0.05, 0) is 29.9 Å². The van der Waals surface area contributed by atoms with Gasteiger partial charge in [-0.25, -0.2) is 4.39 Å². The molecule has 1 heterocycles. The topological polar surface area (TPSA) is 37.3 Å². The molecule has 2 rings (SSSR count). The number of halogens is 1. The Morgan fingerprint density at radius 1 is 1.50 bits per heavy atom. The molecule has 1 fully saturated rings. The van der Waals surface area contributed by atoms with Crippen LogP contribution in [0.15, 0.2) is 24.3 Å². The Labute approximate surface area is 97.9 Å².